The number of benzene rings is 1. The Labute approximate surface area is 112 Å². The van der Waals surface area contributed by atoms with E-state index in [1.165, 1.54) is 18.5 Å². The summed E-state index contributed by atoms with van der Waals surface area (Å²) >= 11 is 4.83. The van der Waals surface area contributed by atoms with Gasteiger partial charge in [0.1, 0.15) is 10.8 Å². The molecule has 2 rings (SSSR count). The van der Waals surface area contributed by atoms with Crippen LogP contribution in [0.25, 0.3) is 0 Å². The van der Waals surface area contributed by atoms with Crippen molar-refractivity contribution in [3.8, 4) is 0 Å². The lowest BCUT2D eigenvalue weighted by Crippen LogP contribution is -2.12. The predicted octanol–water partition coefficient (Wildman–Crippen LogP) is 2.88. The number of anilines is 2. The first-order valence-electron chi connectivity index (χ1n) is 5.14. The van der Waals surface area contributed by atoms with Gasteiger partial charge in [-0.15, -0.1) is 0 Å². The van der Waals surface area contributed by atoms with E-state index in [1.807, 2.05) is 0 Å². The maximum atomic E-state index is 13.5. The molecule has 0 aliphatic rings. The van der Waals surface area contributed by atoms with Gasteiger partial charge in [-0.3, -0.25) is 4.98 Å². The van der Waals surface area contributed by atoms with Crippen molar-refractivity contribution >= 4 is 28.6 Å². The second-order valence-electron chi connectivity index (χ2n) is 3.66. The number of halogens is 3. The Hall–Kier alpha value is -2.15. The molecule has 98 valence electrons. The normalized spacial score (nSPS) is 10.3. The van der Waals surface area contributed by atoms with E-state index >= 15 is 0 Å². The van der Waals surface area contributed by atoms with Gasteiger partial charge in [-0.05, 0) is 6.07 Å². The van der Waals surface area contributed by atoms with Gasteiger partial charge in [-0.25, -0.2) is 13.2 Å². The van der Waals surface area contributed by atoms with Gasteiger partial charge >= 0.3 is 0 Å². The highest BCUT2D eigenvalue weighted by molar-refractivity contribution is 7.80. The average Bonchev–Trinajstić information content (AvgIpc) is 2.36. The van der Waals surface area contributed by atoms with Gasteiger partial charge in [0.25, 0.3) is 0 Å². The maximum Gasteiger partial charge on any atom is 0.161 e. The van der Waals surface area contributed by atoms with Crippen molar-refractivity contribution in [3.05, 3.63) is 53.6 Å². The molecule has 3 N–H and O–H groups in total. The lowest BCUT2D eigenvalue weighted by Gasteiger charge is -2.11. The zero-order valence-corrected chi connectivity index (χ0v) is 10.3. The minimum absolute atomic E-state index is 0.0768. The second-order valence-corrected chi connectivity index (χ2v) is 4.10. The maximum absolute atomic E-state index is 13.5. The molecule has 0 bridgehead atoms. The second kappa shape index (κ2) is 5.23. The minimum Gasteiger partial charge on any atom is -0.389 e. The van der Waals surface area contributed by atoms with Crippen molar-refractivity contribution < 1.29 is 13.2 Å². The van der Waals surface area contributed by atoms with Gasteiger partial charge in [-0.1, -0.05) is 12.2 Å². The Bertz CT molecular complexity index is 646. The van der Waals surface area contributed by atoms with Gasteiger partial charge in [-0.2, -0.15) is 0 Å². The van der Waals surface area contributed by atoms with Crippen LogP contribution in [0.3, 0.4) is 0 Å². The number of aromatic nitrogens is 1. The molecule has 0 aliphatic carbocycles. The van der Waals surface area contributed by atoms with Crippen molar-refractivity contribution in [1.82, 2.24) is 4.98 Å². The fourth-order valence-corrected chi connectivity index (χ4v) is 1.65. The minimum atomic E-state index is -1.26. The molecule has 0 saturated heterocycles. The molecule has 0 radical (unpaired) electrons. The van der Waals surface area contributed by atoms with E-state index in [9.17, 15) is 13.2 Å². The molecule has 0 spiro atoms. The Morgan fingerprint density at radius 2 is 1.79 bits per heavy atom. The van der Waals surface area contributed by atoms with Crippen LogP contribution in [0.4, 0.5) is 24.5 Å². The van der Waals surface area contributed by atoms with Crippen LogP contribution in [0.2, 0.25) is 0 Å². The number of hydrogen-bond donors (Lipinski definition) is 2. The summed E-state index contributed by atoms with van der Waals surface area (Å²) in [6.45, 7) is 0. The van der Waals surface area contributed by atoms with Crippen LogP contribution in [0, 0.1) is 17.5 Å². The molecular formula is C12H8F3N3S. The standard InChI is InChI=1S/C12H8F3N3S/c13-7-3-9(15)10(4-8(7)14)18-11-5-17-2-1-6(11)12(16)19/h1-5,18H,(H2,16,19). The Morgan fingerprint density at radius 1 is 1.11 bits per heavy atom. The smallest absolute Gasteiger partial charge is 0.161 e. The molecule has 7 heteroatoms. The fraction of sp³-hybridized carbons (Fsp3) is 0. The van der Waals surface area contributed by atoms with E-state index in [0.29, 0.717) is 23.4 Å². The van der Waals surface area contributed by atoms with Crippen LogP contribution in [0.5, 0.6) is 0 Å². The lowest BCUT2D eigenvalue weighted by molar-refractivity contribution is 0.496. The van der Waals surface area contributed by atoms with Crippen LogP contribution >= 0.6 is 12.2 Å². The predicted molar refractivity (Wildman–Crippen MR) is 69.7 cm³/mol. The van der Waals surface area contributed by atoms with E-state index in [2.05, 4.69) is 10.3 Å². The summed E-state index contributed by atoms with van der Waals surface area (Å²) in [5, 5.41) is 2.58. The lowest BCUT2D eigenvalue weighted by atomic mass is 10.2. The highest BCUT2D eigenvalue weighted by Crippen LogP contribution is 2.24. The number of nitrogens with two attached hydrogens (primary N) is 1. The molecular weight excluding hydrogens is 275 g/mol. The van der Waals surface area contributed by atoms with E-state index < -0.39 is 17.5 Å². The van der Waals surface area contributed by atoms with Gasteiger partial charge in [0.15, 0.2) is 11.6 Å². The third-order valence-electron chi connectivity index (χ3n) is 2.37. The summed E-state index contributed by atoms with van der Waals surface area (Å²) < 4.78 is 39.4. The molecule has 0 saturated carbocycles. The molecule has 0 aliphatic heterocycles. The first-order valence-corrected chi connectivity index (χ1v) is 5.55. The summed E-state index contributed by atoms with van der Waals surface area (Å²) in [6, 6.07) is 2.69. The van der Waals surface area contributed by atoms with Crippen LogP contribution in [-0.4, -0.2) is 9.97 Å². The third-order valence-corrected chi connectivity index (χ3v) is 2.59. The summed E-state index contributed by atoms with van der Waals surface area (Å²) in [6.07, 6.45) is 2.82. The quantitative estimate of drug-likeness (QED) is 0.672. The Kier molecular flexibility index (Phi) is 3.66. The third kappa shape index (κ3) is 2.82. The Morgan fingerprint density at radius 3 is 2.47 bits per heavy atom. The molecule has 2 aromatic rings. The zero-order valence-electron chi connectivity index (χ0n) is 9.45. The van der Waals surface area contributed by atoms with Crippen LogP contribution in [-0.2, 0) is 0 Å². The molecule has 0 amide bonds. The van der Waals surface area contributed by atoms with Crippen LogP contribution in [0.1, 0.15) is 5.56 Å². The molecule has 1 aromatic carbocycles. The van der Waals surface area contributed by atoms with Crippen molar-refractivity contribution in [1.29, 1.82) is 0 Å². The molecule has 1 aromatic heterocycles. The highest BCUT2D eigenvalue weighted by atomic mass is 32.1. The molecule has 1 heterocycles. The molecule has 3 nitrogen and oxygen atoms in total. The van der Waals surface area contributed by atoms with Gasteiger partial charge in [0, 0.05) is 23.9 Å². The summed E-state index contributed by atoms with van der Waals surface area (Å²) in [5.74, 6) is -3.36. The van der Waals surface area contributed by atoms with E-state index in [0.717, 1.165) is 0 Å². The zero-order chi connectivity index (χ0) is 14.0. The SMILES string of the molecule is NC(=S)c1ccncc1Nc1cc(F)c(F)cc1F. The topological polar surface area (TPSA) is 50.9 Å². The largest absolute Gasteiger partial charge is 0.389 e. The Balaban J connectivity index is 2.42. The first-order chi connectivity index (χ1) is 8.99. The van der Waals surface area contributed by atoms with Crippen molar-refractivity contribution in [2.75, 3.05) is 5.32 Å². The number of nitrogens with one attached hydrogen (secondary N) is 1. The van der Waals surface area contributed by atoms with Gasteiger partial charge < -0.3 is 11.1 Å². The monoisotopic (exact) mass is 283 g/mol. The summed E-state index contributed by atoms with van der Waals surface area (Å²) in [7, 11) is 0. The highest BCUT2D eigenvalue weighted by Gasteiger charge is 2.12. The van der Waals surface area contributed by atoms with Crippen LogP contribution < -0.4 is 11.1 Å². The van der Waals surface area contributed by atoms with Crippen molar-refractivity contribution in [2.45, 2.75) is 0 Å². The van der Waals surface area contributed by atoms with E-state index in [-0.39, 0.29) is 10.7 Å². The summed E-state index contributed by atoms with van der Waals surface area (Å²) in [4.78, 5) is 3.90. The molecule has 0 unspecified atom stereocenters. The fourth-order valence-electron chi connectivity index (χ4n) is 1.47. The van der Waals surface area contributed by atoms with Crippen molar-refractivity contribution in [3.63, 3.8) is 0 Å². The van der Waals surface area contributed by atoms with Gasteiger partial charge in [0.05, 0.1) is 17.6 Å². The number of thiocarbonyl (C=S) groups is 1. The molecule has 0 fully saturated rings. The molecule has 0 atom stereocenters. The average molecular weight is 283 g/mol. The van der Waals surface area contributed by atoms with Gasteiger partial charge in [0.2, 0.25) is 0 Å². The van der Waals surface area contributed by atoms with Crippen molar-refractivity contribution in [2.24, 2.45) is 5.73 Å². The first kappa shape index (κ1) is 13.3. The van der Waals surface area contributed by atoms with Crippen LogP contribution in [0.15, 0.2) is 30.6 Å². The number of pyridine rings is 1. The molecule has 19 heavy (non-hydrogen) atoms. The summed E-state index contributed by atoms with van der Waals surface area (Å²) in [5.41, 5.74) is 5.99. The number of rotatable bonds is 3. The van der Waals surface area contributed by atoms with E-state index in [1.54, 1.807) is 0 Å². The van der Waals surface area contributed by atoms with E-state index in [4.69, 9.17) is 18.0 Å². The number of nitrogens with zero attached hydrogens (tertiary/aromatic N) is 1. The number of hydrogen-bond acceptors (Lipinski definition) is 3.